The van der Waals surface area contributed by atoms with Gasteiger partial charge < -0.3 is 10.1 Å². The molecule has 0 spiro atoms. The van der Waals surface area contributed by atoms with Gasteiger partial charge in [-0.1, -0.05) is 0 Å². The van der Waals surface area contributed by atoms with Crippen LogP contribution in [-0.2, 0) is 9.53 Å². The van der Waals surface area contributed by atoms with E-state index < -0.39 is 29.3 Å². The summed E-state index contributed by atoms with van der Waals surface area (Å²) in [6.45, 7) is 8.44. The maximum Gasteiger partial charge on any atom is 0.328 e. The van der Waals surface area contributed by atoms with E-state index in [9.17, 15) is 14.0 Å². The summed E-state index contributed by atoms with van der Waals surface area (Å²) >= 11 is 0. The molecule has 1 N–H and O–H groups in total. The Hall–Kier alpha value is -1.91. The summed E-state index contributed by atoms with van der Waals surface area (Å²) in [5, 5.41) is 2.54. The monoisotopic (exact) mass is 281 g/mol. The number of hydrogen-bond acceptors (Lipinski definition) is 3. The SMILES string of the molecule is Cc1cc(F)ccc1C(=O)N[C@H](C)C(=O)OC(C)(C)C. The Morgan fingerprint density at radius 1 is 1.30 bits per heavy atom. The number of rotatable bonds is 3. The number of aryl methyl sites for hydroxylation is 1. The van der Waals surface area contributed by atoms with Crippen LogP contribution in [0.25, 0.3) is 0 Å². The minimum atomic E-state index is -0.772. The molecule has 20 heavy (non-hydrogen) atoms. The lowest BCUT2D eigenvalue weighted by Crippen LogP contribution is -2.42. The Kier molecular flexibility index (Phi) is 4.87. The first-order valence-electron chi connectivity index (χ1n) is 6.40. The Morgan fingerprint density at radius 3 is 2.40 bits per heavy atom. The lowest BCUT2D eigenvalue weighted by atomic mass is 10.1. The Balaban J connectivity index is 2.73. The molecule has 1 atom stereocenters. The maximum atomic E-state index is 13.0. The highest BCUT2D eigenvalue weighted by molar-refractivity contribution is 5.97. The van der Waals surface area contributed by atoms with Crippen molar-refractivity contribution in [2.24, 2.45) is 0 Å². The van der Waals surface area contributed by atoms with Crippen LogP contribution in [-0.4, -0.2) is 23.5 Å². The van der Waals surface area contributed by atoms with Crippen molar-refractivity contribution in [1.82, 2.24) is 5.32 Å². The van der Waals surface area contributed by atoms with Crippen molar-refractivity contribution < 1.29 is 18.7 Å². The molecule has 0 unspecified atom stereocenters. The van der Waals surface area contributed by atoms with E-state index >= 15 is 0 Å². The number of nitrogens with one attached hydrogen (secondary N) is 1. The fourth-order valence-corrected chi connectivity index (χ4v) is 1.61. The van der Waals surface area contributed by atoms with Crippen LogP contribution in [0.2, 0.25) is 0 Å². The molecule has 0 aliphatic rings. The van der Waals surface area contributed by atoms with Crippen LogP contribution in [0.1, 0.15) is 43.6 Å². The van der Waals surface area contributed by atoms with Gasteiger partial charge in [-0.3, -0.25) is 4.79 Å². The molecule has 0 heterocycles. The molecule has 1 rings (SSSR count). The van der Waals surface area contributed by atoms with Crippen molar-refractivity contribution in [2.75, 3.05) is 0 Å². The zero-order chi connectivity index (χ0) is 15.5. The normalized spacial score (nSPS) is 12.7. The van der Waals surface area contributed by atoms with Crippen LogP contribution < -0.4 is 5.32 Å². The van der Waals surface area contributed by atoms with Crippen LogP contribution >= 0.6 is 0 Å². The van der Waals surface area contributed by atoms with Crippen LogP contribution in [0.5, 0.6) is 0 Å². The molecule has 1 aromatic rings. The molecular weight excluding hydrogens is 261 g/mol. The van der Waals surface area contributed by atoms with Gasteiger partial charge in [0.25, 0.3) is 5.91 Å². The first-order chi connectivity index (χ1) is 9.10. The molecule has 5 heteroatoms. The summed E-state index contributed by atoms with van der Waals surface area (Å²) in [4.78, 5) is 23.8. The smallest absolute Gasteiger partial charge is 0.328 e. The molecule has 110 valence electrons. The molecule has 0 aliphatic heterocycles. The van der Waals surface area contributed by atoms with Gasteiger partial charge >= 0.3 is 5.97 Å². The van der Waals surface area contributed by atoms with Crippen molar-refractivity contribution in [3.05, 3.63) is 35.1 Å². The quantitative estimate of drug-likeness (QED) is 0.866. The standard InChI is InChI=1S/C15H20FNO3/c1-9-8-11(16)6-7-12(9)13(18)17-10(2)14(19)20-15(3,4)5/h6-8,10H,1-5H3,(H,17,18)/t10-/m1/s1. The number of benzene rings is 1. The van der Waals surface area contributed by atoms with Gasteiger partial charge in [0, 0.05) is 5.56 Å². The minimum absolute atomic E-state index is 0.335. The summed E-state index contributed by atoms with van der Waals surface area (Å²) in [7, 11) is 0. The van der Waals surface area contributed by atoms with Crippen molar-refractivity contribution in [3.63, 3.8) is 0 Å². The largest absolute Gasteiger partial charge is 0.458 e. The third-order valence-corrected chi connectivity index (χ3v) is 2.54. The lowest BCUT2D eigenvalue weighted by molar-refractivity contribution is -0.156. The second kappa shape index (κ2) is 6.03. The molecule has 0 saturated carbocycles. The highest BCUT2D eigenvalue weighted by Crippen LogP contribution is 2.11. The molecule has 0 aliphatic carbocycles. The molecular formula is C15H20FNO3. The van der Waals surface area contributed by atoms with Gasteiger partial charge in [0.15, 0.2) is 0 Å². The number of carbonyl (C=O) groups excluding carboxylic acids is 2. The van der Waals surface area contributed by atoms with Crippen LogP contribution in [0.15, 0.2) is 18.2 Å². The second-order valence-corrected chi connectivity index (χ2v) is 5.69. The minimum Gasteiger partial charge on any atom is -0.458 e. The highest BCUT2D eigenvalue weighted by Gasteiger charge is 2.23. The number of amides is 1. The fourth-order valence-electron chi connectivity index (χ4n) is 1.61. The van der Waals surface area contributed by atoms with E-state index in [0.717, 1.165) is 0 Å². The van der Waals surface area contributed by atoms with Gasteiger partial charge in [0.2, 0.25) is 0 Å². The van der Waals surface area contributed by atoms with Crippen LogP contribution in [0, 0.1) is 12.7 Å². The van der Waals surface area contributed by atoms with E-state index in [2.05, 4.69) is 5.32 Å². The molecule has 0 saturated heterocycles. The summed E-state index contributed by atoms with van der Waals surface area (Å²) < 4.78 is 18.2. The first-order valence-corrected chi connectivity index (χ1v) is 6.40. The highest BCUT2D eigenvalue weighted by atomic mass is 19.1. The summed E-state index contributed by atoms with van der Waals surface area (Å²) in [5.41, 5.74) is 0.239. The van der Waals surface area contributed by atoms with Crippen LogP contribution in [0.3, 0.4) is 0 Å². The fraction of sp³-hybridized carbons (Fsp3) is 0.467. The third kappa shape index (κ3) is 4.64. The van der Waals surface area contributed by atoms with Crippen molar-refractivity contribution >= 4 is 11.9 Å². The van der Waals surface area contributed by atoms with Crippen molar-refractivity contribution in [3.8, 4) is 0 Å². The predicted molar refractivity (Wildman–Crippen MR) is 73.9 cm³/mol. The maximum absolute atomic E-state index is 13.0. The van der Waals surface area contributed by atoms with E-state index in [4.69, 9.17) is 4.74 Å². The van der Waals surface area contributed by atoms with Gasteiger partial charge in [-0.2, -0.15) is 0 Å². The summed E-state index contributed by atoms with van der Waals surface area (Å²) in [5.74, 6) is -1.34. The molecule has 0 fully saturated rings. The number of halogens is 1. The molecule has 4 nitrogen and oxygen atoms in total. The van der Waals surface area contributed by atoms with Crippen LogP contribution in [0.4, 0.5) is 4.39 Å². The molecule has 1 amide bonds. The van der Waals surface area contributed by atoms with Gasteiger partial charge in [-0.25, -0.2) is 9.18 Å². The molecule has 0 aromatic heterocycles. The average molecular weight is 281 g/mol. The van der Waals surface area contributed by atoms with E-state index in [1.807, 2.05) is 0 Å². The number of esters is 1. The van der Waals surface area contributed by atoms with E-state index in [0.29, 0.717) is 11.1 Å². The van der Waals surface area contributed by atoms with Crippen molar-refractivity contribution in [2.45, 2.75) is 46.3 Å². The first kappa shape index (κ1) is 16.1. The summed E-state index contributed by atoms with van der Waals surface area (Å²) in [6.07, 6.45) is 0. The summed E-state index contributed by atoms with van der Waals surface area (Å²) in [6, 6.07) is 3.10. The Labute approximate surface area is 118 Å². The van der Waals surface area contributed by atoms with Gasteiger partial charge in [0.05, 0.1) is 0 Å². The number of ether oxygens (including phenoxy) is 1. The molecule has 0 radical (unpaired) electrons. The molecule has 0 bridgehead atoms. The lowest BCUT2D eigenvalue weighted by Gasteiger charge is -2.22. The molecule has 1 aromatic carbocycles. The van der Waals surface area contributed by atoms with E-state index in [1.54, 1.807) is 34.6 Å². The van der Waals surface area contributed by atoms with Crippen molar-refractivity contribution in [1.29, 1.82) is 0 Å². The third-order valence-electron chi connectivity index (χ3n) is 2.54. The number of carbonyl (C=O) groups is 2. The zero-order valence-corrected chi connectivity index (χ0v) is 12.4. The van der Waals surface area contributed by atoms with E-state index in [-0.39, 0.29) is 0 Å². The number of hydrogen-bond donors (Lipinski definition) is 1. The Bertz CT molecular complexity index is 520. The predicted octanol–water partition coefficient (Wildman–Crippen LogP) is 2.59. The van der Waals surface area contributed by atoms with Gasteiger partial charge in [-0.15, -0.1) is 0 Å². The zero-order valence-electron chi connectivity index (χ0n) is 12.4. The average Bonchev–Trinajstić information content (AvgIpc) is 2.26. The van der Waals surface area contributed by atoms with E-state index in [1.165, 1.54) is 18.2 Å². The second-order valence-electron chi connectivity index (χ2n) is 5.69. The Morgan fingerprint density at radius 2 is 1.90 bits per heavy atom. The van der Waals surface area contributed by atoms with Gasteiger partial charge in [-0.05, 0) is 58.4 Å². The van der Waals surface area contributed by atoms with Gasteiger partial charge in [0.1, 0.15) is 17.5 Å². The topological polar surface area (TPSA) is 55.4 Å².